The van der Waals surface area contributed by atoms with Crippen molar-refractivity contribution in [2.75, 3.05) is 19.6 Å². The van der Waals surface area contributed by atoms with Crippen molar-refractivity contribution >= 4 is 27.0 Å². The van der Waals surface area contributed by atoms with Crippen molar-refractivity contribution < 1.29 is 17.6 Å². The summed E-state index contributed by atoms with van der Waals surface area (Å²) in [7, 11) is -3.60. The highest BCUT2D eigenvalue weighted by Crippen LogP contribution is 2.24. The van der Waals surface area contributed by atoms with Crippen LogP contribution in [-0.2, 0) is 27.8 Å². The van der Waals surface area contributed by atoms with Gasteiger partial charge in [-0.1, -0.05) is 24.3 Å². The number of carbonyl (C=O) groups is 1. The number of hydrogen-bond acceptors (Lipinski definition) is 5. The molecule has 1 aliphatic rings. The quantitative estimate of drug-likeness (QED) is 0.560. The fourth-order valence-corrected chi connectivity index (χ4v) is 5.56. The Hall–Kier alpha value is -2.91. The van der Waals surface area contributed by atoms with Gasteiger partial charge in [0.05, 0.1) is 10.4 Å². The van der Waals surface area contributed by atoms with E-state index in [1.54, 1.807) is 6.07 Å². The van der Waals surface area contributed by atoms with Crippen LogP contribution in [0.25, 0.3) is 11.1 Å². The van der Waals surface area contributed by atoms with E-state index in [9.17, 15) is 18.0 Å². The molecule has 8 nitrogen and oxygen atoms in total. The van der Waals surface area contributed by atoms with Gasteiger partial charge < -0.3 is 9.73 Å². The zero-order valence-corrected chi connectivity index (χ0v) is 18.9. The maximum atomic E-state index is 12.8. The molecule has 1 aliphatic heterocycles. The predicted molar refractivity (Wildman–Crippen MR) is 121 cm³/mol. The van der Waals surface area contributed by atoms with Gasteiger partial charge in [-0.15, -0.1) is 0 Å². The highest BCUT2D eigenvalue weighted by atomic mass is 32.2. The van der Waals surface area contributed by atoms with Crippen LogP contribution in [0.15, 0.2) is 56.6 Å². The lowest BCUT2D eigenvalue weighted by Crippen LogP contribution is -2.28. The average molecular weight is 458 g/mol. The lowest BCUT2D eigenvalue weighted by molar-refractivity contribution is -0.121. The Labute approximate surface area is 186 Å². The fraction of sp³-hybridized carbons (Fsp3) is 0.391. The van der Waals surface area contributed by atoms with E-state index in [0.29, 0.717) is 25.2 Å². The summed E-state index contributed by atoms with van der Waals surface area (Å²) in [6, 6.07) is 12.5. The van der Waals surface area contributed by atoms with Crippen LogP contribution in [0.4, 0.5) is 0 Å². The molecule has 1 saturated heterocycles. The smallest absolute Gasteiger partial charge is 0.408 e. The van der Waals surface area contributed by atoms with Gasteiger partial charge in [0.15, 0.2) is 5.58 Å². The molecular formula is C23H27N3O5S. The lowest BCUT2D eigenvalue weighted by Gasteiger charge is -2.15. The SMILES string of the molecule is Cc1ccccc1CCNC(=O)CCn1c(=O)oc2cc(S(=O)(=O)N3CCCC3)ccc21. The van der Waals surface area contributed by atoms with Crippen LogP contribution in [0.2, 0.25) is 0 Å². The topological polar surface area (TPSA) is 102 Å². The van der Waals surface area contributed by atoms with Crippen LogP contribution in [0.5, 0.6) is 0 Å². The minimum Gasteiger partial charge on any atom is -0.408 e. The first kappa shape index (κ1) is 22.3. The first-order chi connectivity index (χ1) is 15.4. The van der Waals surface area contributed by atoms with Crippen molar-refractivity contribution in [3.63, 3.8) is 0 Å². The summed E-state index contributed by atoms with van der Waals surface area (Å²) < 4.78 is 33.6. The molecule has 1 N–H and O–H groups in total. The molecular weight excluding hydrogens is 430 g/mol. The zero-order valence-electron chi connectivity index (χ0n) is 18.0. The number of nitrogens with one attached hydrogen (secondary N) is 1. The molecule has 1 amide bonds. The molecule has 0 saturated carbocycles. The number of nitrogens with zero attached hydrogens (tertiary/aromatic N) is 2. The fourth-order valence-electron chi connectivity index (χ4n) is 4.03. The molecule has 9 heteroatoms. The summed E-state index contributed by atoms with van der Waals surface area (Å²) in [6.07, 6.45) is 2.55. The number of aromatic nitrogens is 1. The maximum absolute atomic E-state index is 12.8. The van der Waals surface area contributed by atoms with Crippen molar-refractivity contribution in [3.8, 4) is 0 Å². The van der Waals surface area contributed by atoms with E-state index < -0.39 is 15.8 Å². The van der Waals surface area contributed by atoms with E-state index in [2.05, 4.69) is 5.32 Å². The van der Waals surface area contributed by atoms with Crippen molar-refractivity contribution in [2.45, 2.75) is 44.0 Å². The van der Waals surface area contributed by atoms with Crippen LogP contribution in [0.3, 0.4) is 0 Å². The Morgan fingerprint density at radius 1 is 1.12 bits per heavy atom. The Kier molecular flexibility index (Phi) is 6.48. The number of oxazole rings is 1. The molecule has 0 aliphatic carbocycles. The monoisotopic (exact) mass is 457 g/mol. The minimum atomic E-state index is -3.60. The summed E-state index contributed by atoms with van der Waals surface area (Å²) in [5.74, 6) is -0.767. The van der Waals surface area contributed by atoms with Crippen LogP contribution in [-0.4, -0.2) is 42.8 Å². The van der Waals surface area contributed by atoms with Gasteiger partial charge in [0.1, 0.15) is 0 Å². The molecule has 0 spiro atoms. The third-order valence-corrected chi connectivity index (χ3v) is 7.78. The largest absolute Gasteiger partial charge is 0.419 e. The van der Waals surface area contributed by atoms with Crippen molar-refractivity contribution in [1.82, 2.24) is 14.2 Å². The Morgan fingerprint density at radius 2 is 1.88 bits per heavy atom. The molecule has 3 aromatic rings. The summed E-state index contributed by atoms with van der Waals surface area (Å²) in [6.45, 7) is 3.71. The van der Waals surface area contributed by atoms with E-state index in [-0.39, 0.29) is 29.4 Å². The Balaban J connectivity index is 1.40. The average Bonchev–Trinajstić information content (AvgIpc) is 3.41. The second kappa shape index (κ2) is 9.30. The number of aryl methyl sites for hydroxylation is 2. The number of rotatable bonds is 8. The number of hydrogen-bond donors (Lipinski definition) is 1. The standard InChI is InChI=1S/C23H27N3O5S/c1-17-6-2-3-7-18(17)10-12-24-22(27)11-15-26-20-9-8-19(16-21(20)31-23(26)28)32(29,30)25-13-4-5-14-25/h2-3,6-9,16H,4-5,10-15H2,1H3,(H,24,27). The van der Waals surface area contributed by atoms with E-state index in [0.717, 1.165) is 19.3 Å². The Bertz CT molecular complexity index is 1290. The predicted octanol–water partition coefficient (Wildman–Crippen LogP) is 2.44. The summed E-state index contributed by atoms with van der Waals surface area (Å²) in [4.78, 5) is 24.7. The zero-order chi connectivity index (χ0) is 22.7. The highest BCUT2D eigenvalue weighted by Gasteiger charge is 2.28. The van der Waals surface area contributed by atoms with E-state index >= 15 is 0 Å². The van der Waals surface area contributed by atoms with E-state index in [4.69, 9.17) is 4.42 Å². The second-order valence-corrected chi connectivity index (χ2v) is 9.97. The molecule has 1 fully saturated rings. The van der Waals surface area contributed by atoms with Gasteiger partial charge in [-0.25, -0.2) is 13.2 Å². The molecule has 4 rings (SSSR count). The van der Waals surface area contributed by atoms with Gasteiger partial charge in [0.2, 0.25) is 15.9 Å². The molecule has 2 heterocycles. The summed E-state index contributed by atoms with van der Waals surface area (Å²) in [5.41, 5.74) is 3.05. The van der Waals surface area contributed by atoms with Gasteiger partial charge in [0, 0.05) is 38.7 Å². The summed E-state index contributed by atoms with van der Waals surface area (Å²) in [5, 5.41) is 2.88. The van der Waals surface area contributed by atoms with E-state index in [1.807, 2.05) is 31.2 Å². The first-order valence-corrected chi connectivity index (χ1v) is 12.2. The maximum Gasteiger partial charge on any atom is 0.419 e. The van der Waals surface area contributed by atoms with Gasteiger partial charge >= 0.3 is 5.76 Å². The van der Waals surface area contributed by atoms with Crippen molar-refractivity contribution in [3.05, 3.63) is 64.1 Å². The number of fused-ring (bicyclic) bond motifs is 1. The molecule has 0 bridgehead atoms. The van der Waals surface area contributed by atoms with Crippen molar-refractivity contribution in [1.29, 1.82) is 0 Å². The third-order valence-electron chi connectivity index (χ3n) is 5.88. The molecule has 0 unspecified atom stereocenters. The van der Waals surface area contributed by atoms with Crippen LogP contribution < -0.4 is 11.1 Å². The van der Waals surface area contributed by atoms with Crippen molar-refractivity contribution in [2.24, 2.45) is 0 Å². The molecule has 2 aromatic carbocycles. The summed E-state index contributed by atoms with van der Waals surface area (Å²) >= 11 is 0. The minimum absolute atomic E-state index is 0.113. The number of carbonyl (C=O) groups excluding carboxylic acids is 1. The Morgan fingerprint density at radius 3 is 2.62 bits per heavy atom. The molecule has 0 atom stereocenters. The number of amides is 1. The van der Waals surface area contributed by atoms with Gasteiger partial charge in [-0.2, -0.15) is 4.31 Å². The van der Waals surface area contributed by atoms with Gasteiger partial charge in [-0.05, 0) is 49.4 Å². The normalized spacial score (nSPS) is 14.8. The lowest BCUT2D eigenvalue weighted by atomic mass is 10.1. The van der Waals surface area contributed by atoms with Gasteiger partial charge in [0.25, 0.3) is 0 Å². The van der Waals surface area contributed by atoms with Crippen LogP contribution in [0, 0.1) is 6.92 Å². The third kappa shape index (κ3) is 4.63. The molecule has 32 heavy (non-hydrogen) atoms. The molecule has 1 aromatic heterocycles. The second-order valence-electron chi connectivity index (χ2n) is 8.04. The highest BCUT2D eigenvalue weighted by molar-refractivity contribution is 7.89. The number of sulfonamides is 1. The van der Waals surface area contributed by atoms with Crippen LogP contribution >= 0.6 is 0 Å². The van der Waals surface area contributed by atoms with E-state index in [1.165, 1.54) is 32.1 Å². The molecule has 0 radical (unpaired) electrons. The number of benzene rings is 2. The first-order valence-electron chi connectivity index (χ1n) is 10.8. The van der Waals surface area contributed by atoms with Gasteiger partial charge in [-0.3, -0.25) is 9.36 Å². The van der Waals surface area contributed by atoms with Crippen LogP contribution in [0.1, 0.15) is 30.4 Å². The molecule has 170 valence electrons.